The van der Waals surface area contributed by atoms with Crippen molar-refractivity contribution < 1.29 is 27.8 Å². The van der Waals surface area contributed by atoms with Gasteiger partial charge >= 0.3 is 11.9 Å². The zero-order valence-electron chi connectivity index (χ0n) is 16.1. The van der Waals surface area contributed by atoms with Crippen molar-refractivity contribution in [1.82, 2.24) is 0 Å². The first-order valence-electron chi connectivity index (χ1n) is 9.78. The molecule has 0 amide bonds. The fraction of sp³-hybridized carbons (Fsp3) is 0.619. The molecule has 0 N–H and O–H groups in total. The fourth-order valence-corrected chi connectivity index (χ4v) is 2.53. The van der Waals surface area contributed by atoms with Crippen molar-refractivity contribution in [2.45, 2.75) is 77.7 Å². The second-order valence-electron chi connectivity index (χ2n) is 6.59. The van der Waals surface area contributed by atoms with E-state index in [4.69, 9.17) is 9.47 Å². The lowest BCUT2D eigenvalue weighted by atomic mass is 10.1. The van der Waals surface area contributed by atoms with Gasteiger partial charge in [0.15, 0.2) is 0 Å². The lowest BCUT2D eigenvalue weighted by Crippen LogP contribution is -2.06. The molecule has 1 rings (SSSR count). The topological polar surface area (TPSA) is 52.6 Å². The van der Waals surface area contributed by atoms with Crippen LogP contribution in [-0.2, 0) is 25.7 Å². The quantitative estimate of drug-likeness (QED) is 0.315. The van der Waals surface area contributed by atoms with Gasteiger partial charge < -0.3 is 9.47 Å². The number of ether oxygens (including phenoxy) is 2. The van der Waals surface area contributed by atoms with Crippen LogP contribution in [0.1, 0.15) is 76.7 Å². The molecule has 0 spiro atoms. The third-order valence-electron chi connectivity index (χ3n) is 4.17. The summed E-state index contributed by atoms with van der Waals surface area (Å²) >= 11 is 0. The second-order valence-corrected chi connectivity index (χ2v) is 6.59. The molecule has 0 radical (unpaired) electrons. The van der Waals surface area contributed by atoms with Gasteiger partial charge in [-0.2, -0.15) is 0 Å². The lowest BCUT2D eigenvalue weighted by Gasteiger charge is -2.06. The highest BCUT2D eigenvalue weighted by Crippen LogP contribution is 2.13. The summed E-state index contributed by atoms with van der Waals surface area (Å²) in [6, 6.07) is 3.07. The van der Waals surface area contributed by atoms with Gasteiger partial charge in [0.25, 0.3) is 0 Å². The minimum Gasteiger partial charge on any atom is -0.466 e. The molecule has 0 aliphatic rings. The fourth-order valence-electron chi connectivity index (χ4n) is 2.53. The van der Waals surface area contributed by atoms with Crippen LogP contribution in [0.4, 0.5) is 8.78 Å². The Labute approximate surface area is 160 Å². The van der Waals surface area contributed by atoms with E-state index in [0.717, 1.165) is 63.1 Å². The number of benzene rings is 1. The minimum atomic E-state index is -0.585. The number of unbranched alkanes of at least 4 members (excludes halogenated alkanes) is 6. The summed E-state index contributed by atoms with van der Waals surface area (Å²) in [6.07, 6.45) is 8.02. The van der Waals surface area contributed by atoms with Crippen molar-refractivity contribution in [2.24, 2.45) is 0 Å². The van der Waals surface area contributed by atoms with E-state index in [0.29, 0.717) is 19.4 Å². The molecule has 0 aliphatic heterocycles. The predicted octanol–water partition coefficient (Wildman–Crippen LogP) is 5.47. The Morgan fingerprint density at radius 2 is 1.44 bits per heavy atom. The monoisotopic (exact) mass is 384 g/mol. The van der Waals surface area contributed by atoms with Crippen molar-refractivity contribution in [3.63, 3.8) is 0 Å². The van der Waals surface area contributed by atoms with Crippen LogP contribution in [0.3, 0.4) is 0 Å². The van der Waals surface area contributed by atoms with Gasteiger partial charge in [0, 0.05) is 18.4 Å². The van der Waals surface area contributed by atoms with E-state index in [-0.39, 0.29) is 24.6 Å². The number of rotatable bonds is 14. The average molecular weight is 384 g/mol. The highest BCUT2D eigenvalue weighted by atomic mass is 19.1. The highest BCUT2D eigenvalue weighted by Gasteiger charge is 2.08. The van der Waals surface area contributed by atoms with Crippen molar-refractivity contribution in [1.29, 1.82) is 0 Å². The number of esters is 2. The van der Waals surface area contributed by atoms with Crippen LogP contribution in [0.5, 0.6) is 0 Å². The molecule has 27 heavy (non-hydrogen) atoms. The van der Waals surface area contributed by atoms with Crippen molar-refractivity contribution in [2.75, 3.05) is 6.61 Å². The summed E-state index contributed by atoms with van der Waals surface area (Å²) in [5.74, 6) is -1.68. The molecule has 4 nitrogen and oxygen atoms in total. The molecule has 0 aromatic heterocycles. The van der Waals surface area contributed by atoms with Crippen LogP contribution in [0.15, 0.2) is 18.2 Å². The van der Waals surface area contributed by atoms with E-state index in [2.05, 4.69) is 6.92 Å². The SMILES string of the molecule is CCCCOC(=O)CCCCCCCCC(=O)OCc1cc(F)ccc1F. The molecule has 0 unspecified atom stereocenters. The van der Waals surface area contributed by atoms with Crippen molar-refractivity contribution >= 4 is 11.9 Å². The van der Waals surface area contributed by atoms with Gasteiger partial charge in [-0.05, 0) is 37.5 Å². The summed E-state index contributed by atoms with van der Waals surface area (Å²) < 4.78 is 36.5. The van der Waals surface area contributed by atoms with Crippen LogP contribution in [0, 0.1) is 11.6 Å². The first-order valence-corrected chi connectivity index (χ1v) is 9.78. The number of halogens is 2. The second kappa shape index (κ2) is 14.1. The molecule has 6 heteroatoms. The lowest BCUT2D eigenvalue weighted by molar-refractivity contribution is -0.145. The Bertz CT molecular complexity index is 575. The van der Waals surface area contributed by atoms with Crippen LogP contribution in [0.2, 0.25) is 0 Å². The smallest absolute Gasteiger partial charge is 0.306 e. The Morgan fingerprint density at radius 1 is 0.852 bits per heavy atom. The number of hydrogen-bond donors (Lipinski definition) is 0. The van der Waals surface area contributed by atoms with Crippen LogP contribution in [-0.4, -0.2) is 18.5 Å². The molecule has 152 valence electrons. The maximum absolute atomic E-state index is 13.4. The third kappa shape index (κ3) is 11.4. The van der Waals surface area contributed by atoms with Gasteiger partial charge in [-0.1, -0.05) is 39.0 Å². The molecule has 0 bridgehead atoms. The first-order chi connectivity index (χ1) is 13.0. The summed E-state index contributed by atoms with van der Waals surface area (Å²) in [5, 5.41) is 0. The van der Waals surface area contributed by atoms with Crippen molar-refractivity contribution in [3.8, 4) is 0 Å². The Balaban J connectivity index is 1.98. The summed E-state index contributed by atoms with van der Waals surface area (Å²) in [4.78, 5) is 23.1. The summed E-state index contributed by atoms with van der Waals surface area (Å²) in [6.45, 7) is 2.31. The van der Waals surface area contributed by atoms with Gasteiger partial charge in [0.05, 0.1) is 6.61 Å². The van der Waals surface area contributed by atoms with E-state index >= 15 is 0 Å². The number of hydrogen-bond acceptors (Lipinski definition) is 4. The molecule has 0 heterocycles. The van der Waals surface area contributed by atoms with Gasteiger partial charge in [0.2, 0.25) is 0 Å². The molecule has 0 atom stereocenters. The molecular weight excluding hydrogens is 354 g/mol. The van der Waals surface area contributed by atoms with Crippen molar-refractivity contribution in [3.05, 3.63) is 35.4 Å². The van der Waals surface area contributed by atoms with E-state index in [1.807, 2.05) is 0 Å². The average Bonchev–Trinajstić information content (AvgIpc) is 2.64. The van der Waals surface area contributed by atoms with Gasteiger partial charge in [-0.25, -0.2) is 8.78 Å². The van der Waals surface area contributed by atoms with Crippen LogP contribution in [0.25, 0.3) is 0 Å². The Morgan fingerprint density at radius 3 is 2.07 bits per heavy atom. The summed E-state index contributed by atoms with van der Waals surface area (Å²) in [5.41, 5.74) is 0.0385. The van der Waals surface area contributed by atoms with Crippen LogP contribution >= 0.6 is 0 Å². The maximum Gasteiger partial charge on any atom is 0.306 e. The molecule has 1 aromatic rings. The zero-order chi connectivity index (χ0) is 19.9. The molecule has 0 saturated carbocycles. The van der Waals surface area contributed by atoms with Crippen LogP contribution < -0.4 is 0 Å². The van der Waals surface area contributed by atoms with E-state index in [9.17, 15) is 18.4 Å². The highest BCUT2D eigenvalue weighted by molar-refractivity contribution is 5.69. The summed E-state index contributed by atoms with van der Waals surface area (Å²) in [7, 11) is 0. The van der Waals surface area contributed by atoms with Gasteiger partial charge in [-0.3, -0.25) is 9.59 Å². The molecule has 0 fully saturated rings. The van der Waals surface area contributed by atoms with Gasteiger partial charge in [-0.15, -0.1) is 0 Å². The minimum absolute atomic E-state index is 0.0385. The maximum atomic E-state index is 13.4. The molecule has 0 saturated heterocycles. The zero-order valence-corrected chi connectivity index (χ0v) is 16.1. The largest absolute Gasteiger partial charge is 0.466 e. The normalized spacial score (nSPS) is 10.6. The first kappa shape index (κ1) is 23.1. The number of carbonyl (C=O) groups is 2. The predicted molar refractivity (Wildman–Crippen MR) is 99.0 cm³/mol. The van der Waals surface area contributed by atoms with E-state index in [1.165, 1.54) is 0 Å². The molecular formula is C21H30F2O4. The Kier molecular flexibility index (Phi) is 12.1. The molecule has 1 aromatic carbocycles. The third-order valence-corrected chi connectivity index (χ3v) is 4.17. The van der Waals surface area contributed by atoms with Gasteiger partial charge in [0.1, 0.15) is 18.2 Å². The van der Waals surface area contributed by atoms with E-state index < -0.39 is 17.6 Å². The molecule has 0 aliphatic carbocycles. The standard InChI is InChI=1S/C21H30F2O4/c1-2-3-14-26-20(24)10-8-6-4-5-7-9-11-21(25)27-16-17-15-18(22)12-13-19(17)23/h12-13,15H,2-11,14,16H2,1H3. The Hall–Kier alpha value is -1.98. The van der Waals surface area contributed by atoms with E-state index in [1.54, 1.807) is 0 Å². The number of carbonyl (C=O) groups excluding carboxylic acids is 2.